The van der Waals surface area contributed by atoms with Crippen LogP contribution in [0.5, 0.6) is 0 Å². The first kappa shape index (κ1) is 14.2. The fourth-order valence-corrected chi connectivity index (χ4v) is 2.22. The SMILES string of the molecule is CC(Nc1ccc([N+](=O)[O-])cc1[N+](=O)[O-])C1CCOC1. The van der Waals surface area contributed by atoms with Crippen LogP contribution in [0.1, 0.15) is 13.3 Å². The fraction of sp³-hybridized carbons (Fsp3) is 0.500. The minimum absolute atomic E-state index is 0.00217. The molecule has 108 valence electrons. The van der Waals surface area contributed by atoms with Gasteiger partial charge in [0, 0.05) is 24.6 Å². The van der Waals surface area contributed by atoms with Crippen molar-refractivity contribution in [3.05, 3.63) is 38.4 Å². The van der Waals surface area contributed by atoms with Crippen LogP contribution < -0.4 is 5.32 Å². The van der Waals surface area contributed by atoms with E-state index in [1.54, 1.807) is 0 Å². The lowest BCUT2D eigenvalue weighted by molar-refractivity contribution is -0.393. The first-order valence-electron chi connectivity index (χ1n) is 6.26. The van der Waals surface area contributed by atoms with Crippen LogP contribution in [0.2, 0.25) is 0 Å². The summed E-state index contributed by atoms with van der Waals surface area (Å²) in [5.74, 6) is 0.282. The van der Waals surface area contributed by atoms with Crippen LogP contribution in [-0.2, 0) is 4.74 Å². The molecule has 2 atom stereocenters. The van der Waals surface area contributed by atoms with Gasteiger partial charge in [-0.3, -0.25) is 20.2 Å². The quantitative estimate of drug-likeness (QED) is 0.655. The normalized spacial score (nSPS) is 19.6. The third-order valence-corrected chi connectivity index (χ3v) is 3.44. The second-order valence-electron chi connectivity index (χ2n) is 4.77. The number of rotatable bonds is 5. The average Bonchev–Trinajstić information content (AvgIpc) is 2.92. The van der Waals surface area contributed by atoms with Crippen LogP contribution >= 0.6 is 0 Å². The summed E-state index contributed by atoms with van der Waals surface area (Å²) in [6.07, 6.45) is 0.898. The highest BCUT2D eigenvalue weighted by Crippen LogP contribution is 2.31. The molecule has 0 saturated carbocycles. The highest BCUT2D eigenvalue weighted by Gasteiger charge is 2.25. The second kappa shape index (κ2) is 5.83. The summed E-state index contributed by atoms with van der Waals surface area (Å²) in [5, 5.41) is 24.7. The van der Waals surface area contributed by atoms with Gasteiger partial charge in [0.25, 0.3) is 11.4 Å². The maximum atomic E-state index is 11.0. The van der Waals surface area contributed by atoms with Gasteiger partial charge in [0.2, 0.25) is 0 Å². The van der Waals surface area contributed by atoms with Crippen molar-refractivity contribution < 1.29 is 14.6 Å². The molecular weight excluding hydrogens is 266 g/mol. The lowest BCUT2D eigenvalue weighted by Crippen LogP contribution is -2.26. The lowest BCUT2D eigenvalue weighted by Gasteiger charge is -2.20. The van der Waals surface area contributed by atoms with Crippen molar-refractivity contribution in [2.24, 2.45) is 5.92 Å². The molecule has 0 radical (unpaired) electrons. The zero-order valence-corrected chi connectivity index (χ0v) is 10.9. The van der Waals surface area contributed by atoms with E-state index in [-0.39, 0.29) is 23.3 Å². The van der Waals surface area contributed by atoms with E-state index in [0.29, 0.717) is 18.9 Å². The number of nitro groups is 2. The van der Waals surface area contributed by atoms with Crippen LogP contribution in [0.15, 0.2) is 18.2 Å². The lowest BCUT2D eigenvalue weighted by atomic mass is 10.0. The van der Waals surface area contributed by atoms with E-state index >= 15 is 0 Å². The van der Waals surface area contributed by atoms with Crippen LogP contribution in [0, 0.1) is 26.1 Å². The van der Waals surface area contributed by atoms with Gasteiger partial charge in [-0.25, -0.2) is 0 Å². The third-order valence-electron chi connectivity index (χ3n) is 3.44. The van der Waals surface area contributed by atoms with E-state index in [2.05, 4.69) is 5.32 Å². The molecule has 1 aromatic rings. The van der Waals surface area contributed by atoms with Crippen molar-refractivity contribution in [2.45, 2.75) is 19.4 Å². The second-order valence-corrected chi connectivity index (χ2v) is 4.77. The summed E-state index contributed by atoms with van der Waals surface area (Å²) < 4.78 is 5.28. The van der Waals surface area contributed by atoms with E-state index in [0.717, 1.165) is 12.5 Å². The monoisotopic (exact) mass is 281 g/mol. The molecule has 2 rings (SSSR count). The van der Waals surface area contributed by atoms with E-state index in [4.69, 9.17) is 4.74 Å². The number of nitrogens with zero attached hydrogens (tertiary/aromatic N) is 2. The van der Waals surface area contributed by atoms with Gasteiger partial charge in [-0.1, -0.05) is 0 Å². The van der Waals surface area contributed by atoms with Gasteiger partial charge in [-0.2, -0.15) is 0 Å². The van der Waals surface area contributed by atoms with Gasteiger partial charge in [-0.05, 0) is 19.4 Å². The zero-order chi connectivity index (χ0) is 14.7. The standard InChI is InChI=1S/C12H15N3O5/c1-8(9-4-5-20-7-9)13-11-3-2-10(14(16)17)6-12(11)15(18)19/h2-3,6,8-9,13H,4-5,7H2,1H3. The number of hydrogen-bond acceptors (Lipinski definition) is 6. The van der Waals surface area contributed by atoms with E-state index in [1.165, 1.54) is 12.1 Å². The number of anilines is 1. The Morgan fingerprint density at radius 2 is 2.10 bits per heavy atom. The van der Waals surface area contributed by atoms with E-state index in [1.807, 2.05) is 6.92 Å². The number of ether oxygens (including phenoxy) is 1. The molecule has 20 heavy (non-hydrogen) atoms. The zero-order valence-electron chi connectivity index (χ0n) is 10.9. The van der Waals surface area contributed by atoms with Gasteiger partial charge in [0.05, 0.1) is 22.5 Å². The van der Waals surface area contributed by atoms with Crippen LogP contribution in [0.3, 0.4) is 0 Å². The molecule has 1 fully saturated rings. The number of nitrogens with one attached hydrogen (secondary N) is 1. The van der Waals surface area contributed by atoms with Crippen molar-refractivity contribution in [2.75, 3.05) is 18.5 Å². The van der Waals surface area contributed by atoms with Crippen LogP contribution in [-0.4, -0.2) is 29.1 Å². The summed E-state index contributed by atoms with van der Waals surface area (Å²) in [6, 6.07) is 3.60. The molecule has 8 heteroatoms. The summed E-state index contributed by atoms with van der Waals surface area (Å²) in [4.78, 5) is 20.4. The first-order chi connectivity index (χ1) is 9.49. The van der Waals surface area contributed by atoms with Crippen molar-refractivity contribution in [1.29, 1.82) is 0 Å². The molecule has 0 amide bonds. The molecule has 0 aromatic heterocycles. The maximum absolute atomic E-state index is 11.0. The van der Waals surface area contributed by atoms with Crippen molar-refractivity contribution in [1.82, 2.24) is 0 Å². The largest absolute Gasteiger partial charge is 0.381 e. The molecule has 0 spiro atoms. The topological polar surface area (TPSA) is 108 Å². The molecule has 1 saturated heterocycles. The Bertz CT molecular complexity index is 528. The highest BCUT2D eigenvalue weighted by molar-refractivity contribution is 5.65. The molecule has 2 unspecified atom stereocenters. The Balaban J connectivity index is 2.21. The van der Waals surface area contributed by atoms with E-state index in [9.17, 15) is 20.2 Å². The fourth-order valence-electron chi connectivity index (χ4n) is 2.22. The molecule has 8 nitrogen and oxygen atoms in total. The first-order valence-corrected chi connectivity index (χ1v) is 6.26. The molecule has 1 heterocycles. The van der Waals surface area contributed by atoms with Gasteiger partial charge < -0.3 is 10.1 Å². The summed E-state index contributed by atoms with van der Waals surface area (Å²) in [7, 11) is 0. The van der Waals surface area contributed by atoms with Crippen LogP contribution in [0.4, 0.5) is 17.1 Å². The maximum Gasteiger partial charge on any atom is 0.299 e. The van der Waals surface area contributed by atoms with Gasteiger partial charge in [0.15, 0.2) is 0 Å². The Labute approximate surface area is 115 Å². The van der Waals surface area contributed by atoms with Gasteiger partial charge in [-0.15, -0.1) is 0 Å². The average molecular weight is 281 g/mol. The molecule has 1 aromatic carbocycles. The predicted octanol–water partition coefficient (Wildman–Crippen LogP) is 2.34. The van der Waals surface area contributed by atoms with Gasteiger partial charge in [0.1, 0.15) is 5.69 Å². The minimum atomic E-state index is -0.648. The van der Waals surface area contributed by atoms with Crippen molar-refractivity contribution in [3.63, 3.8) is 0 Å². The Morgan fingerprint density at radius 3 is 2.65 bits per heavy atom. The highest BCUT2D eigenvalue weighted by atomic mass is 16.6. The summed E-state index contributed by atoms with van der Waals surface area (Å²) >= 11 is 0. The predicted molar refractivity (Wildman–Crippen MR) is 71.8 cm³/mol. The molecular formula is C12H15N3O5. The Hall–Kier alpha value is -2.22. The van der Waals surface area contributed by atoms with Crippen molar-refractivity contribution >= 4 is 17.1 Å². The molecule has 1 N–H and O–H groups in total. The molecule has 0 aliphatic carbocycles. The Kier molecular flexibility index (Phi) is 4.14. The Morgan fingerprint density at radius 1 is 1.35 bits per heavy atom. The molecule has 1 aliphatic rings. The number of nitro benzene ring substituents is 2. The summed E-state index contributed by atoms with van der Waals surface area (Å²) in [6.45, 7) is 3.23. The summed E-state index contributed by atoms with van der Waals surface area (Å²) in [5.41, 5.74) is -0.288. The van der Waals surface area contributed by atoms with Crippen molar-refractivity contribution in [3.8, 4) is 0 Å². The third kappa shape index (κ3) is 3.02. The smallest absolute Gasteiger partial charge is 0.299 e. The number of benzene rings is 1. The van der Waals surface area contributed by atoms with E-state index < -0.39 is 9.85 Å². The molecule has 0 bridgehead atoms. The van der Waals surface area contributed by atoms with Crippen LogP contribution in [0.25, 0.3) is 0 Å². The van der Waals surface area contributed by atoms with Gasteiger partial charge >= 0.3 is 0 Å². The number of hydrogen-bond donors (Lipinski definition) is 1. The number of non-ortho nitro benzene ring substituents is 1. The molecule has 1 aliphatic heterocycles. The minimum Gasteiger partial charge on any atom is -0.381 e.